The number of rotatable bonds is 2. The molecule has 0 N–H and O–H groups in total. The van der Waals surface area contributed by atoms with Gasteiger partial charge in [0.15, 0.2) is 0 Å². The summed E-state index contributed by atoms with van der Waals surface area (Å²) in [5, 5.41) is 0.983. The Morgan fingerprint density at radius 2 is 2.00 bits per heavy atom. The second kappa shape index (κ2) is 5.51. The van der Waals surface area contributed by atoms with E-state index in [0.29, 0.717) is 10.4 Å². The first-order valence-corrected chi connectivity index (χ1v) is 7.89. The van der Waals surface area contributed by atoms with E-state index >= 15 is 0 Å². The summed E-state index contributed by atoms with van der Waals surface area (Å²) in [7, 11) is 0. The predicted molar refractivity (Wildman–Crippen MR) is 81.6 cm³/mol. The van der Waals surface area contributed by atoms with Crippen molar-refractivity contribution in [2.24, 2.45) is 0 Å². The van der Waals surface area contributed by atoms with Crippen molar-refractivity contribution in [3.05, 3.63) is 46.9 Å². The number of thioether (sulfide) groups is 1. The topological polar surface area (TPSA) is 25.8 Å². The molecule has 0 spiro atoms. The zero-order valence-electron chi connectivity index (χ0n) is 10.8. The minimum absolute atomic E-state index is 0.403. The highest BCUT2D eigenvalue weighted by molar-refractivity contribution is 7.99. The van der Waals surface area contributed by atoms with Crippen LogP contribution in [-0.4, -0.2) is 15.7 Å². The van der Waals surface area contributed by atoms with Crippen LogP contribution in [0.5, 0.6) is 0 Å². The molecule has 0 radical (unpaired) electrons. The predicted octanol–water partition coefficient (Wildman–Crippen LogP) is 4.67. The van der Waals surface area contributed by atoms with Gasteiger partial charge in [0.2, 0.25) is 0 Å². The number of benzene rings is 1. The lowest BCUT2D eigenvalue weighted by molar-refractivity contribution is 0.776. The van der Waals surface area contributed by atoms with Crippen molar-refractivity contribution < 1.29 is 0 Å². The molecule has 1 atom stereocenters. The Morgan fingerprint density at radius 1 is 1.21 bits per heavy atom. The highest BCUT2D eigenvalue weighted by atomic mass is 35.5. The van der Waals surface area contributed by atoms with Gasteiger partial charge in [-0.25, -0.2) is 9.97 Å². The molecule has 1 fully saturated rings. The maximum atomic E-state index is 6.29. The molecule has 0 amide bonds. The molecule has 1 aliphatic heterocycles. The fourth-order valence-corrected chi connectivity index (χ4v) is 3.69. The molecule has 0 aliphatic carbocycles. The molecule has 1 unspecified atom stereocenters. The summed E-state index contributed by atoms with van der Waals surface area (Å²) in [5.41, 5.74) is 3.02. The minimum atomic E-state index is 0.403. The van der Waals surface area contributed by atoms with Gasteiger partial charge in [-0.05, 0) is 25.5 Å². The van der Waals surface area contributed by atoms with E-state index in [4.69, 9.17) is 16.6 Å². The van der Waals surface area contributed by atoms with Crippen molar-refractivity contribution in [3.63, 3.8) is 0 Å². The van der Waals surface area contributed by atoms with Crippen LogP contribution in [-0.2, 0) is 0 Å². The SMILES string of the molecule is Cc1c(Cl)nc(C2CCCS2)nc1-c1ccccc1. The Hall–Kier alpha value is -1.06. The van der Waals surface area contributed by atoms with Gasteiger partial charge in [0.05, 0.1) is 10.9 Å². The number of hydrogen-bond donors (Lipinski definition) is 0. The van der Waals surface area contributed by atoms with E-state index in [0.717, 1.165) is 29.1 Å². The van der Waals surface area contributed by atoms with E-state index in [9.17, 15) is 0 Å². The Morgan fingerprint density at radius 3 is 2.68 bits per heavy atom. The Labute approximate surface area is 122 Å². The molecule has 1 aromatic heterocycles. The minimum Gasteiger partial charge on any atom is -0.231 e. The number of halogens is 1. The third-order valence-corrected chi connectivity index (χ3v) is 5.11. The summed E-state index contributed by atoms with van der Waals surface area (Å²) in [4.78, 5) is 9.24. The average Bonchev–Trinajstić information content (AvgIpc) is 2.97. The highest BCUT2D eigenvalue weighted by Gasteiger charge is 2.22. The Bertz CT molecular complexity index is 580. The molecule has 1 aromatic carbocycles. The van der Waals surface area contributed by atoms with Gasteiger partial charge in [-0.15, -0.1) is 0 Å². The Kier molecular flexibility index (Phi) is 3.76. The molecular weight excluding hydrogens is 276 g/mol. The molecule has 1 saturated heterocycles. The fraction of sp³-hybridized carbons (Fsp3) is 0.333. The van der Waals surface area contributed by atoms with E-state index in [1.165, 1.54) is 12.2 Å². The van der Waals surface area contributed by atoms with E-state index < -0.39 is 0 Å². The molecule has 19 heavy (non-hydrogen) atoms. The lowest BCUT2D eigenvalue weighted by Crippen LogP contribution is -2.02. The normalized spacial score (nSPS) is 18.7. The second-order valence-corrected chi connectivity index (χ2v) is 6.38. The first-order chi connectivity index (χ1) is 9.25. The van der Waals surface area contributed by atoms with E-state index in [-0.39, 0.29) is 0 Å². The van der Waals surface area contributed by atoms with Crippen LogP contribution in [0.3, 0.4) is 0 Å². The molecule has 2 aromatic rings. The number of aromatic nitrogens is 2. The Balaban J connectivity index is 2.08. The van der Waals surface area contributed by atoms with Gasteiger partial charge in [0.1, 0.15) is 11.0 Å². The van der Waals surface area contributed by atoms with Gasteiger partial charge in [0.25, 0.3) is 0 Å². The lowest BCUT2D eigenvalue weighted by atomic mass is 10.1. The summed E-state index contributed by atoms with van der Waals surface area (Å²) < 4.78 is 0. The van der Waals surface area contributed by atoms with Crippen LogP contribution in [0.15, 0.2) is 30.3 Å². The van der Waals surface area contributed by atoms with Crippen LogP contribution in [0.4, 0.5) is 0 Å². The maximum absolute atomic E-state index is 6.29. The van der Waals surface area contributed by atoms with Crippen molar-refractivity contribution in [3.8, 4) is 11.3 Å². The number of nitrogens with zero attached hydrogens (tertiary/aromatic N) is 2. The third kappa shape index (κ3) is 2.63. The zero-order valence-corrected chi connectivity index (χ0v) is 12.3. The maximum Gasteiger partial charge on any atom is 0.143 e. The first-order valence-electron chi connectivity index (χ1n) is 6.47. The molecule has 0 bridgehead atoms. The van der Waals surface area contributed by atoms with Crippen molar-refractivity contribution >= 4 is 23.4 Å². The van der Waals surface area contributed by atoms with Crippen LogP contribution in [0.2, 0.25) is 5.15 Å². The summed E-state index contributed by atoms with van der Waals surface area (Å²) in [6.45, 7) is 1.98. The van der Waals surface area contributed by atoms with E-state index in [2.05, 4.69) is 17.1 Å². The molecule has 0 saturated carbocycles. The first kappa shape index (κ1) is 12.9. The summed E-state index contributed by atoms with van der Waals surface area (Å²) in [6.07, 6.45) is 2.39. The standard InChI is InChI=1S/C15H15ClN2S/c1-10-13(11-6-3-2-4-7-11)17-15(18-14(10)16)12-8-5-9-19-12/h2-4,6-7,12H,5,8-9H2,1H3. The molecule has 3 rings (SSSR count). The quantitative estimate of drug-likeness (QED) is 0.752. The van der Waals surface area contributed by atoms with Crippen LogP contribution < -0.4 is 0 Å². The van der Waals surface area contributed by atoms with Crippen molar-refractivity contribution in [2.45, 2.75) is 25.0 Å². The summed E-state index contributed by atoms with van der Waals surface area (Å²) in [5.74, 6) is 2.08. The fourth-order valence-electron chi connectivity index (χ4n) is 2.31. The monoisotopic (exact) mass is 290 g/mol. The van der Waals surface area contributed by atoms with Crippen molar-refractivity contribution in [1.29, 1.82) is 0 Å². The summed E-state index contributed by atoms with van der Waals surface area (Å²) in [6, 6.07) is 10.2. The van der Waals surface area contributed by atoms with Gasteiger partial charge in [0, 0.05) is 11.1 Å². The molecule has 2 nitrogen and oxygen atoms in total. The van der Waals surface area contributed by atoms with Crippen molar-refractivity contribution in [2.75, 3.05) is 5.75 Å². The van der Waals surface area contributed by atoms with E-state index in [1.54, 1.807) is 0 Å². The third-order valence-electron chi connectivity index (χ3n) is 3.37. The van der Waals surface area contributed by atoms with Gasteiger partial charge >= 0.3 is 0 Å². The molecule has 2 heterocycles. The van der Waals surface area contributed by atoms with Crippen LogP contribution >= 0.6 is 23.4 Å². The van der Waals surface area contributed by atoms with Gasteiger partial charge in [-0.1, -0.05) is 41.9 Å². The zero-order chi connectivity index (χ0) is 13.2. The largest absolute Gasteiger partial charge is 0.231 e. The lowest BCUT2D eigenvalue weighted by Gasteiger charge is -2.12. The number of hydrogen-bond acceptors (Lipinski definition) is 3. The van der Waals surface area contributed by atoms with E-state index in [1.807, 2.05) is 36.9 Å². The van der Waals surface area contributed by atoms with Crippen LogP contribution in [0, 0.1) is 6.92 Å². The summed E-state index contributed by atoms with van der Waals surface area (Å²) >= 11 is 8.22. The molecule has 4 heteroatoms. The molecular formula is C15H15ClN2S. The van der Waals surface area contributed by atoms with Gasteiger partial charge in [-0.3, -0.25) is 0 Å². The average molecular weight is 291 g/mol. The molecule has 1 aliphatic rings. The van der Waals surface area contributed by atoms with Crippen molar-refractivity contribution in [1.82, 2.24) is 9.97 Å². The second-order valence-electron chi connectivity index (χ2n) is 4.71. The van der Waals surface area contributed by atoms with Crippen LogP contribution in [0.25, 0.3) is 11.3 Å². The van der Waals surface area contributed by atoms with Gasteiger partial charge < -0.3 is 0 Å². The smallest absolute Gasteiger partial charge is 0.143 e. The van der Waals surface area contributed by atoms with Crippen LogP contribution in [0.1, 0.15) is 29.5 Å². The molecule has 98 valence electrons. The van der Waals surface area contributed by atoms with Gasteiger partial charge in [-0.2, -0.15) is 11.8 Å². The highest BCUT2D eigenvalue weighted by Crippen LogP contribution is 2.39.